The molecule has 0 saturated carbocycles. The molecule has 8 heavy (non-hydrogen) atoms. The minimum Gasteiger partial charge on any atom is -0.306 e. The van der Waals surface area contributed by atoms with Gasteiger partial charge in [0.1, 0.15) is 0 Å². The van der Waals surface area contributed by atoms with Gasteiger partial charge in [0, 0.05) is 5.71 Å². The number of hydrogen-bond donors (Lipinski definition) is 1. The van der Waals surface area contributed by atoms with Crippen molar-refractivity contribution >= 4 is 5.71 Å². The van der Waals surface area contributed by atoms with Crippen LogP contribution in [0.2, 0.25) is 0 Å². The molecule has 46 valence electrons. The molecule has 2 heteroatoms. The van der Waals surface area contributed by atoms with Crippen LogP contribution in [0.4, 0.5) is 0 Å². The van der Waals surface area contributed by atoms with Gasteiger partial charge in [0.15, 0.2) is 0 Å². The lowest BCUT2D eigenvalue weighted by Crippen LogP contribution is -2.05. The Morgan fingerprint density at radius 2 is 2.38 bits per heavy atom. The van der Waals surface area contributed by atoms with Crippen LogP contribution in [-0.4, -0.2) is 12.3 Å². The summed E-state index contributed by atoms with van der Waals surface area (Å²) in [5.41, 5.74) is 3.84. The second kappa shape index (κ2) is 4.37. The van der Waals surface area contributed by atoms with E-state index in [0.717, 1.165) is 12.3 Å². The zero-order valence-corrected chi connectivity index (χ0v) is 5.44. The van der Waals surface area contributed by atoms with Crippen LogP contribution in [0.5, 0.6) is 0 Å². The second-order valence-electron chi connectivity index (χ2n) is 1.71. The molecule has 2 nitrogen and oxygen atoms in total. The average molecular weight is 112 g/mol. The first-order valence-electron chi connectivity index (χ1n) is 2.62. The summed E-state index contributed by atoms with van der Waals surface area (Å²) in [7, 11) is 0. The number of nitrogens with one attached hydrogen (secondary N) is 1. The molecule has 0 rings (SSSR count). The van der Waals surface area contributed by atoms with Crippen molar-refractivity contribution in [3.63, 3.8) is 0 Å². The zero-order chi connectivity index (χ0) is 6.41. The van der Waals surface area contributed by atoms with Crippen LogP contribution in [0, 0.1) is 0 Å². The van der Waals surface area contributed by atoms with E-state index in [-0.39, 0.29) is 0 Å². The standard InChI is InChI=1S/C6H12N2/c1-4-5-7-8-6(2)3/h4,7H,1,5H2,2-3H3. The predicted octanol–water partition coefficient (Wildman–Crippen LogP) is 1.16. The molecular weight excluding hydrogens is 100 g/mol. The van der Waals surface area contributed by atoms with Gasteiger partial charge in [0.25, 0.3) is 0 Å². The predicted molar refractivity (Wildman–Crippen MR) is 37.0 cm³/mol. The highest BCUT2D eigenvalue weighted by atomic mass is 15.3. The molecule has 0 saturated heterocycles. The molecule has 0 unspecified atom stereocenters. The molecule has 0 fully saturated rings. The Balaban J connectivity index is 3.15. The molecular formula is C6H12N2. The lowest BCUT2D eigenvalue weighted by atomic mass is 10.5. The van der Waals surface area contributed by atoms with Gasteiger partial charge in [-0.25, -0.2) is 0 Å². The van der Waals surface area contributed by atoms with Crippen molar-refractivity contribution in [3.05, 3.63) is 12.7 Å². The third-order valence-electron chi connectivity index (χ3n) is 0.538. The molecule has 0 radical (unpaired) electrons. The Bertz CT molecular complexity index is 90.7. The highest BCUT2D eigenvalue weighted by molar-refractivity contribution is 5.78. The molecule has 0 spiro atoms. The maximum absolute atomic E-state index is 3.91. The van der Waals surface area contributed by atoms with Gasteiger partial charge in [-0.3, -0.25) is 0 Å². The summed E-state index contributed by atoms with van der Waals surface area (Å²) in [6.45, 7) is 8.15. The van der Waals surface area contributed by atoms with Crippen LogP contribution >= 0.6 is 0 Å². The lowest BCUT2D eigenvalue weighted by molar-refractivity contribution is 0.824. The number of rotatable bonds is 3. The van der Waals surface area contributed by atoms with Gasteiger partial charge in [0.05, 0.1) is 6.54 Å². The average Bonchev–Trinajstić information content (AvgIpc) is 1.66. The van der Waals surface area contributed by atoms with Crippen LogP contribution in [0.25, 0.3) is 0 Å². The maximum atomic E-state index is 3.91. The van der Waals surface area contributed by atoms with E-state index in [4.69, 9.17) is 0 Å². The van der Waals surface area contributed by atoms with Gasteiger partial charge in [0.2, 0.25) is 0 Å². The molecule has 0 amide bonds. The van der Waals surface area contributed by atoms with Crippen molar-refractivity contribution in [1.29, 1.82) is 0 Å². The third-order valence-corrected chi connectivity index (χ3v) is 0.538. The molecule has 0 aromatic rings. The van der Waals surface area contributed by atoms with Gasteiger partial charge < -0.3 is 5.43 Å². The van der Waals surface area contributed by atoms with Crippen LogP contribution in [-0.2, 0) is 0 Å². The van der Waals surface area contributed by atoms with Crippen molar-refractivity contribution in [2.75, 3.05) is 6.54 Å². The fourth-order valence-electron chi connectivity index (χ4n) is 0.268. The summed E-state index contributed by atoms with van der Waals surface area (Å²) < 4.78 is 0. The van der Waals surface area contributed by atoms with Crippen molar-refractivity contribution in [1.82, 2.24) is 5.43 Å². The molecule has 0 atom stereocenters. The minimum absolute atomic E-state index is 0.741. The third kappa shape index (κ3) is 5.21. The molecule has 0 aliphatic heterocycles. The summed E-state index contributed by atoms with van der Waals surface area (Å²) in [6, 6.07) is 0. The summed E-state index contributed by atoms with van der Waals surface area (Å²) in [5, 5.41) is 3.91. The zero-order valence-electron chi connectivity index (χ0n) is 5.44. The van der Waals surface area contributed by atoms with Crippen molar-refractivity contribution in [2.24, 2.45) is 5.10 Å². The molecule has 0 heterocycles. The van der Waals surface area contributed by atoms with E-state index in [9.17, 15) is 0 Å². The van der Waals surface area contributed by atoms with Crippen molar-refractivity contribution < 1.29 is 0 Å². The summed E-state index contributed by atoms with van der Waals surface area (Å²) in [5.74, 6) is 0. The van der Waals surface area contributed by atoms with Crippen LogP contribution < -0.4 is 5.43 Å². The van der Waals surface area contributed by atoms with E-state index in [0.29, 0.717) is 0 Å². The fourth-order valence-corrected chi connectivity index (χ4v) is 0.268. The molecule has 0 aliphatic carbocycles. The second-order valence-corrected chi connectivity index (χ2v) is 1.71. The van der Waals surface area contributed by atoms with E-state index in [1.165, 1.54) is 0 Å². The molecule has 0 aromatic carbocycles. The van der Waals surface area contributed by atoms with Gasteiger partial charge >= 0.3 is 0 Å². The van der Waals surface area contributed by atoms with Crippen molar-refractivity contribution in [2.45, 2.75) is 13.8 Å². The fraction of sp³-hybridized carbons (Fsp3) is 0.500. The lowest BCUT2D eigenvalue weighted by Gasteiger charge is -1.92. The summed E-state index contributed by atoms with van der Waals surface area (Å²) >= 11 is 0. The number of hydrogen-bond acceptors (Lipinski definition) is 2. The molecule has 0 aromatic heterocycles. The number of hydrazone groups is 1. The van der Waals surface area contributed by atoms with Crippen molar-refractivity contribution in [3.8, 4) is 0 Å². The first kappa shape index (κ1) is 7.21. The van der Waals surface area contributed by atoms with Crippen LogP contribution in [0.3, 0.4) is 0 Å². The smallest absolute Gasteiger partial charge is 0.0507 e. The normalized spacial score (nSPS) is 7.75. The Labute approximate surface area is 50.3 Å². The van der Waals surface area contributed by atoms with Gasteiger partial charge in [-0.15, -0.1) is 6.58 Å². The minimum atomic E-state index is 0.741. The summed E-state index contributed by atoms with van der Waals surface area (Å²) in [4.78, 5) is 0. The Hall–Kier alpha value is -0.790. The van der Waals surface area contributed by atoms with E-state index in [2.05, 4.69) is 17.1 Å². The Kier molecular flexibility index (Phi) is 3.94. The Morgan fingerprint density at radius 3 is 2.75 bits per heavy atom. The quantitative estimate of drug-likeness (QED) is 0.252. The van der Waals surface area contributed by atoms with E-state index in [1.54, 1.807) is 6.08 Å². The number of nitrogens with zero attached hydrogens (tertiary/aromatic N) is 1. The van der Waals surface area contributed by atoms with E-state index >= 15 is 0 Å². The van der Waals surface area contributed by atoms with E-state index < -0.39 is 0 Å². The molecule has 0 bridgehead atoms. The van der Waals surface area contributed by atoms with Crippen LogP contribution in [0.15, 0.2) is 17.8 Å². The SMILES string of the molecule is C=CCNN=C(C)C. The van der Waals surface area contributed by atoms with E-state index in [1.807, 2.05) is 13.8 Å². The highest BCUT2D eigenvalue weighted by Crippen LogP contribution is 1.68. The van der Waals surface area contributed by atoms with Gasteiger partial charge in [-0.05, 0) is 13.8 Å². The van der Waals surface area contributed by atoms with Crippen LogP contribution in [0.1, 0.15) is 13.8 Å². The monoisotopic (exact) mass is 112 g/mol. The Morgan fingerprint density at radius 1 is 1.75 bits per heavy atom. The molecule has 1 N–H and O–H groups in total. The first-order valence-corrected chi connectivity index (χ1v) is 2.62. The topological polar surface area (TPSA) is 24.4 Å². The van der Waals surface area contributed by atoms with Gasteiger partial charge in [-0.2, -0.15) is 5.10 Å². The van der Waals surface area contributed by atoms with Gasteiger partial charge in [-0.1, -0.05) is 6.08 Å². The molecule has 0 aliphatic rings. The highest BCUT2D eigenvalue weighted by Gasteiger charge is 1.72. The largest absolute Gasteiger partial charge is 0.306 e. The summed E-state index contributed by atoms with van der Waals surface area (Å²) in [6.07, 6.45) is 1.77. The maximum Gasteiger partial charge on any atom is 0.0507 e. The first-order chi connectivity index (χ1) is 3.77.